The van der Waals surface area contributed by atoms with Gasteiger partial charge < -0.3 is 4.74 Å². The highest BCUT2D eigenvalue weighted by Crippen LogP contribution is 2.40. The molecule has 0 unspecified atom stereocenters. The first-order chi connectivity index (χ1) is 11.1. The predicted octanol–water partition coefficient (Wildman–Crippen LogP) is 5.03. The molecule has 1 fully saturated rings. The van der Waals surface area contributed by atoms with Crippen LogP contribution in [0.3, 0.4) is 0 Å². The van der Waals surface area contributed by atoms with Gasteiger partial charge in [-0.25, -0.2) is 0 Å². The molecule has 0 N–H and O–H groups in total. The first-order valence-electron chi connectivity index (χ1n) is 8.48. The average Bonchev–Trinajstić information content (AvgIpc) is 2.46. The molecule has 1 aliphatic heterocycles. The smallest absolute Gasteiger partial charge is 0.302 e. The lowest BCUT2D eigenvalue weighted by atomic mass is 9.82. The van der Waals surface area contributed by atoms with Gasteiger partial charge in [0.05, 0.1) is 0 Å². The second kappa shape index (κ2) is 7.54. The summed E-state index contributed by atoms with van der Waals surface area (Å²) >= 11 is 3.45. The van der Waals surface area contributed by atoms with Crippen molar-refractivity contribution in [2.24, 2.45) is 0 Å². The largest absolute Gasteiger partial charge is 0.463 e. The van der Waals surface area contributed by atoms with Gasteiger partial charge in [-0.1, -0.05) is 28.1 Å². The number of carbonyl (C=O) groups is 1. The third-order valence-electron chi connectivity index (χ3n) is 4.59. The van der Waals surface area contributed by atoms with E-state index in [1.54, 1.807) is 0 Å². The number of benzene rings is 1. The van der Waals surface area contributed by atoms with Crippen LogP contribution >= 0.6 is 15.9 Å². The first kappa shape index (κ1) is 19.4. The van der Waals surface area contributed by atoms with Crippen LogP contribution in [-0.4, -0.2) is 28.7 Å². The average molecular weight is 398 g/mol. The quantitative estimate of drug-likeness (QED) is 0.653. The summed E-state index contributed by atoms with van der Waals surface area (Å²) < 4.78 is 6.27. The summed E-state index contributed by atoms with van der Waals surface area (Å²) in [5, 5.41) is 2.11. The van der Waals surface area contributed by atoms with Crippen LogP contribution in [0.15, 0.2) is 28.7 Å². The highest BCUT2D eigenvalue weighted by atomic mass is 79.9. The van der Waals surface area contributed by atoms with Crippen molar-refractivity contribution < 1.29 is 14.4 Å². The lowest BCUT2D eigenvalue weighted by molar-refractivity contribution is -0.311. The van der Waals surface area contributed by atoms with E-state index in [2.05, 4.69) is 48.7 Å². The van der Waals surface area contributed by atoms with Crippen LogP contribution in [0, 0.1) is 0 Å². The number of piperidine rings is 1. The zero-order valence-corrected chi connectivity index (χ0v) is 16.9. The van der Waals surface area contributed by atoms with Crippen LogP contribution in [0.5, 0.6) is 0 Å². The Kier molecular flexibility index (Phi) is 6.10. The van der Waals surface area contributed by atoms with E-state index in [1.165, 1.54) is 13.3 Å². The normalized spacial score (nSPS) is 21.2. The van der Waals surface area contributed by atoms with Gasteiger partial charge in [-0.2, -0.15) is 5.06 Å². The zero-order valence-electron chi connectivity index (χ0n) is 15.3. The van der Waals surface area contributed by atoms with Crippen molar-refractivity contribution in [3.05, 3.63) is 34.3 Å². The van der Waals surface area contributed by atoms with Crippen LogP contribution in [0.4, 0.5) is 0 Å². The molecule has 1 saturated heterocycles. The van der Waals surface area contributed by atoms with E-state index >= 15 is 0 Å². The van der Waals surface area contributed by atoms with Gasteiger partial charge in [0.2, 0.25) is 0 Å². The molecular formula is C19H28BrNO3. The summed E-state index contributed by atoms with van der Waals surface area (Å²) in [6.07, 6.45) is 3.03. The highest BCUT2D eigenvalue weighted by molar-refractivity contribution is 9.10. The van der Waals surface area contributed by atoms with Crippen molar-refractivity contribution >= 4 is 21.9 Å². The lowest BCUT2D eigenvalue weighted by Crippen LogP contribution is -2.58. The number of halogens is 1. The summed E-state index contributed by atoms with van der Waals surface area (Å²) in [7, 11) is 0. The Morgan fingerprint density at radius 3 is 2.21 bits per heavy atom. The van der Waals surface area contributed by atoms with E-state index in [-0.39, 0.29) is 29.8 Å². The summed E-state index contributed by atoms with van der Waals surface area (Å²) in [5.74, 6) is -0.294. The minimum Gasteiger partial charge on any atom is -0.463 e. The van der Waals surface area contributed by atoms with E-state index in [0.717, 1.165) is 22.9 Å². The molecule has 1 aromatic rings. The lowest BCUT2D eigenvalue weighted by Gasteiger charge is -2.52. The van der Waals surface area contributed by atoms with Crippen LogP contribution in [0.25, 0.3) is 0 Å². The van der Waals surface area contributed by atoms with Crippen LogP contribution in [-0.2, 0) is 14.4 Å². The maximum atomic E-state index is 11.3. The molecule has 0 saturated carbocycles. The van der Waals surface area contributed by atoms with Crippen molar-refractivity contribution in [2.75, 3.05) is 6.61 Å². The molecule has 0 amide bonds. The summed E-state index contributed by atoms with van der Waals surface area (Å²) in [5.41, 5.74) is 0.869. The standard InChI is InChI=1S/C19H28BrNO3/c1-14(22)23-13-17(15-7-9-16(20)10-8-15)24-21-18(2,3)11-6-12-19(21,4)5/h7-10,17H,6,11-13H2,1-5H3/t17-/m0/s1. The Morgan fingerprint density at radius 2 is 1.71 bits per heavy atom. The van der Waals surface area contributed by atoms with Gasteiger partial charge in [-0.3, -0.25) is 9.63 Å². The maximum absolute atomic E-state index is 11.3. The Bertz CT molecular complexity index is 552. The highest BCUT2D eigenvalue weighted by Gasteiger charge is 2.43. The summed E-state index contributed by atoms with van der Waals surface area (Å²) in [6, 6.07) is 7.96. The minimum atomic E-state index is -0.321. The fraction of sp³-hybridized carbons (Fsp3) is 0.632. The van der Waals surface area contributed by atoms with E-state index in [1.807, 2.05) is 24.3 Å². The summed E-state index contributed by atoms with van der Waals surface area (Å²) in [4.78, 5) is 17.7. The molecule has 0 radical (unpaired) electrons. The van der Waals surface area contributed by atoms with Gasteiger partial charge in [-0.05, 0) is 64.7 Å². The van der Waals surface area contributed by atoms with Crippen molar-refractivity contribution in [1.82, 2.24) is 5.06 Å². The first-order valence-corrected chi connectivity index (χ1v) is 9.27. The molecule has 0 bridgehead atoms. The molecule has 0 aliphatic carbocycles. The van der Waals surface area contributed by atoms with Crippen LogP contribution < -0.4 is 0 Å². The molecule has 1 aliphatic rings. The number of rotatable bonds is 5. The molecule has 1 atom stereocenters. The minimum absolute atomic E-state index is 0.0639. The molecule has 134 valence electrons. The molecule has 0 spiro atoms. The van der Waals surface area contributed by atoms with E-state index in [0.29, 0.717) is 0 Å². The number of nitrogens with zero attached hydrogens (tertiary/aromatic N) is 1. The number of ether oxygens (including phenoxy) is 1. The molecule has 2 rings (SSSR count). The second-order valence-corrected chi connectivity index (χ2v) is 8.64. The maximum Gasteiger partial charge on any atom is 0.302 e. The number of hydrogen-bond acceptors (Lipinski definition) is 4. The van der Waals surface area contributed by atoms with Crippen molar-refractivity contribution in [3.8, 4) is 0 Å². The van der Waals surface area contributed by atoms with Gasteiger partial charge >= 0.3 is 5.97 Å². The van der Waals surface area contributed by atoms with Crippen molar-refractivity contribution in [3.63, 3.8) is 0 Å². The Labute approximate surface area is 153 Å². The molecule has 1 aromatic carbocycles. The monoisotopic (exact) mass is 397 g/mol. The van der Waals surface area contributed by atoms with Crippen molar-refractivity contribution in [2.45, 2.75) is 71.1 Å². The SMILES string of the molecule is CC(=O)OC[C@H](ON1C(C)(C)CCCC1(C)C)c1ccc(Br)cc1. The molecule has 0 aromatic heterocycles. The van der Waals surface area contributed by atoms with E-state index < -0.39 is 0 Å². The number of hydroxylamine groups is 2. The molecule has 24 heavy (non-hydrogen) atoms. The van der Waals surface area contributed by atoms with Gasteiger partial charge in [0.25, 0.3) is 0 Å². The zero-order chi connectivity index (χ0) is 18.0. The van der Waals surface area contributed by atoms with Crippen molar-refractivity contribution in [1.29, 1.82) is 0 Å². The fourth-order valence-corrected chi connectivity index (χ4v) is 3.71. The molecule has 1 heterocycles. The van der Waals surface area contributed by atoms with Gasteiger partial charge in [-0.15, -0.1) is 0 Å². The van der Waals surface area contributed by atoms with Gasteiger partial charge in [0, 0.05) is 22.5 Å². The van der Waals surface area contributed by atoms with Gasteiger partial charge in [0.15, 0.2) is 0 Å². The van der Waals surface area contributed by atoms with Crippen LogP contribution in [0.2, 0.25) is 0 Å². The predicted molar refractivity (Wildman–Crippen MR) is 98.4 cm³/mol. The third kappa shape index (κ3) is 4.80. The third-order valence-corrected chi connectivity index (χ3v) is 5.12. The Morgan fingerprint density at radius 1 is 1.17 bits per heavy atom. The summed E-state index contributed by atoms with van der Waals surface area (Å²) in [6.45, 7) is 10.5. The van der Waals surface area contributed by atoms with Crippen LogP contribution in [0.1, 0.15) is 65.5 Å². The second-order valence-electron chi connectivity index (χ2n) is 7.72. The molecular weight excluding hydrogens is 370 g/mol. The Balaban J connectivity index is 2.25. The number of carbonyl (C=O) groups excluding carboxylic acids is 1. The number of hydrogen-bond donors (Lipinski definition) is 0. The van der Waals surface area contributed by atoms with E-state index in [9.17, 15) is 4.79 Å². The molecule has 5 heteroatoms. The Hall–Kier alpha value is -0.910. The number of esters is 1. The fourth-order valence-electron chi connectivity index (χ4n) is 3.45. The topological polar surface area (TPSA) is 38.8 Å². The van der Waals surface area contributed by atoms with E-state index in [4.69, 9.17) is 9.57 Å². The molecule has 4 nitrogen and oxygen atoms in total. The van der Waals surface area contributed by atoms with Gasteiger partial charge in [0.1, 0.15) is 12.7 Å².